The molecule has 0 amide bonds. The fourth-order valence-electron chi connectivity index (χ4n) is 3.66. The quantitative estimate of drug-likeness (QED) is 0.694. The second-order valence-electron chi connectivity index (χ2n) is 6.74. The van der Waals surface area contributed by atoms with Gasteiger partial charge in [0.25, 0.3) is 0 Å². The number of ether oxygens (including phenoxy) is 1. The molecule has 0 unspecified atom stereocenters. The lowest BCUT2D eigenvalue weighted by Gasteiger charge is -2.17. The minimum atomic E-state index is -1.28. The predicted octanol–water partition coefficient (Wildman–Crippen LogP) is 2.41. The van der Waals surface area contributed by atoms with Gasteiger partial charge in [-0.05, 0) is 33.4 Å². The normalized spacial score (nSPS) is 13.5. The fraction of sp³-hybridized carbons (Fsp3) is 0.130. The summed E-state index contributed by atoms with van der Waals surface area (Å²) in [4.78, 5) is 23.3. The molecule has 1 aliphatic rings. The standard InChI is InChI=1S/C23H19NO4/c24-21(14-9-11-15(12-10-14)22(25)26)23(27)28-13-20-18-7-3-1-5-16(18)17-6-2-4-8-19(17)20/h1-12,20-21H,13,24H2,(H,25,26)/p-1/t21-/m1/s1. The molecule has 3 aromatic rings. The van der Waals surface area contributed by atoms with Crippen LogP contribution in [0.25, 0.3) is 11.1 Å². The van der Waals surface area contributed by atoms with Crippen LogP contribution in [0.1, 0.15) is 39.0 Å². The highest BCUT2D eigenvalue weighted by Crippen LogP contribution is 2.44. The Balaban J connectivity index is 1.50. The van der Waals surface area contributed by atoms with Crippen LogP contribution in [-0.4, -0.2) is 18.5 Å². The van der Waals surface area contributed by atoms with Crippen molar-refractivity contribution in [2.75, 3.05) is 6.61 Å². The van der Waals surface area contributed by atoms with Crippen molar-refractivity contribution in [2.24, 2.45) is 5.73 Å². The summed E-state index contributed by atoms with van der Waals surface area (Å²) in [6.07, 6.45) is 0. The van der Waals surface area contributed by atoms with Gasteiger partial charge < -0.3 is 20.4 Å². The molecule has 1 atom stereocenters. The molecule has 2 N–H and O–H groups in total. The van der Waals surface area contributed by atoms with E-state index >= 15 is 0 Å². The molecule has 4 rings (SSSR count). The van der Waals surface area contributed by atoms with Crippen molar-refractivity contribution < 1.29 is 19.4 Å². The molecule has 5 nitrogen and oxygen atoms in total. The Kier molecular flexibility index (Phi) is 4.67. The van der Waals surface area contributed by atoms with Gasteiger partial charge >= 0.3 is 5.97 Å². The van der Waals surface area contributed by atoms with Crippen molar-refractivity contribution >= 4 is 11.9 Å². The Morgan fingerprint density at radius 1 is 0.893 bits per heavy atom. The van der Waals surface area contributed by atoms with Crippen LogP contribution in [0.5, 0.6) is 0 Å². The van der Waals surface area contributed by atoms with Crippen molar-refractivity contribution in [3.63, 3.8) is 0 Å². The lowest BCUT2D eigenvalue weighted by Crippen LogP contribution is -2.26. The number of hydrogen-bond acceptors (Lipinski definition) is 5. The molecule has 5 heteroatoms. The third-order valence-corrected chi connectivity index (χ3v) is 5.11. The molecular weight excluding hydrogens is 354 g/mol. The average Bonchev–Trinajstić information content (AvgIpc) is 3.05. The van der Waals surface area contributed by atoms with Gasteiger partial charge in [-0.2, -0.15) is 0 Å². The Morgan fingerprint density at radius 2 is 1.43 bits per heavy atom. The number of fused-ring (bicyclic) bond motifs is 3. The van der Waals surface area contributed by atoms with Crippen LogP contribution in [0.2, 0.25) is 0 Å². The monoisotopic (exact) mass is 372 g/mol. The molecule has 0 aromatic heterocycles. The van der Waals surface area contributed by atoms with Gasteiger partial charge in [-0.1, -0.05) is 72.8 Å². The molecule has 0 saturated carbocycles. The van der Waals surface area contributed by atoms with Crippen LogP contribution in [0.3, 0.4) is 0 Å². The van der Waals surface area contributed by atoms with Crippen molar-refractivity contribution in [3.8, 4) is 11.1 Å². The van der Waals surface area contributed by atoms with Crippen molar-refractivity contribution in [1.82, 2.24) is 0 Å². The number of esters is 1. The maximum Gasteiger partial charge on any atom is 0.327 e. The topological polar surface area (TPSA) is 92.5 Å². The van der Waals surface area contributed by atoms with Crippen LogP contribution in [0, 0.1) is 0 Å². The summed E-state index contributed by atoms with van der Waals surface area (Å²) in [5.41, 5.74) is 11.1. The molecule has 3 aromatic carbocycles. The SMILES string of the molecule is N[C@@H](C(=O)OCC1c2ccccc2-c2ccccc21)c1ccc(C(=O)[O-])cc1. The number of aromatic carboxylic acids is 1. The third-order valence-electron chi connectivity index (χ3n) is 5.11. The number of carbonyl (C=O) groups is 2. The Labute approximate surface area is 162 Å². The van der Waals surface area contributed by atoms with Crippen LogP contribution < -0.4 is 10.8 Å². The first kappa shape index (κ1) is 17.9. The van der Waals surface area contributed by atoms with Gasteiger partial charge in [-0.15, -0.1) is 0 Å². The molecule has 0 radical (unpaired) electrons. The fourth-order valence-corrected chi connectivity index (χ4v) is 3.66. The summed E-state index contributed by atoms with van der Waals surface area (Å²) in [6.45, 7) is 0.192. The summed E-state index contributed by atoms with van der Waals surface area (Å²) >= 11 is 0. The zero-order valence-electron chi connectivity index (χ0n) is 15.0. The molecule has 1 aliphatic carbocycles. The molecule has 0 heterocycles. The maximum atomic E-state index is 12.5. The molecule has 0 fully saturated rings. The number of carboxylic acid groups (broad SMARTS) is 1. The molecule has 0 aliphatic heterocycles. The Bertz CT molecular complexity index is 997. The highest BCUT2D eigenvalue weighted by Gasteiger charge is 2.29. The van der Waals surface area contributed by atoms with E-state index in [1.54, 1.807) is 0 Å². The second kappa shape index (κ2) is 7.29. The van der Waals surface area contributed by atoms with E-state index in [1.807, 2.05) is 36.4 Å². The molecule has 0 bridgehead atoms. The molecular formula is C23H18NO4-. The summed E-state index contributed by atoms with van der Waals surface area (Å²) in [7, 11) is 0. The first-order valence-corrected chi connectivity index (χ1v) is 8.98. The number of hydrogen-bond donors (Lipinski definition) is 1. The van der Waals surface area contributed by atoms with Crippen molar-refractivity contribution in [2.45, 2.75) is 12.0 Å². The van der Waals surface area contributed by atoms with Crippen LogP contribution in [0.4, 0.5) is 0 Å². The maximum absolute atomic E-state index is 12.5. The summed E-state index contributed by atoms with van der Waals surface area (Å²) < 4.78 is 5.54. The van der Waals surface area contributed by atoms with Crippen molar-refractivity contribution in [1.29, 1.82) is 0 Å². The highest BCUT2D eigenvalue weighted by molar-refractivity contribution is 5.86. The van der Waals surface area contributed by atoms with E-state index in [1.165, 1.54) is 24.3 Å². The third kappa shape index (κ3) is 3.17. The average molecular weight is 372 g/mol. The van der Waals surface area contributed by atoms with E-state index in [2.05, 4.69) is 12.1 Å². The van der Waals surface area contributed by atoms with Gasteiger partial charge in [0.1, 0.15) is 12.6 Å². The van der Waals surface area contributed by atoms with E-state index in [0.29, 0.717) is 5.56 Å². The first-order chi connectivity index (χ1) is 13.6. The summed E-state index contributed by atoms with van der Waals surface area (Å²) in [6, 6.07) is 20.9. The molecule has 0 spiro atoms. The number of carbonyl (C=O) groups excluding carboxylic acids is 2. The first-order valence-electron chi connectivity index (χ1n) is 8.98. The summed E-state index contributed by atoms with van der Waals surface area (Å²) in [5.74, 6) is -1.87. The number of nitrogens with two attached hydrogens (primary N) is 1. The van der Waals surface area contributed by atoms with Crippen LogP contribution >= 0.6 is 0 Å². The van der Waals surface area contributed by atoms with E-state index in [4.69, 9.17) is 10.5 Å². The Morgan fingerprint density at radius 3 is 1.96 bits per heavy atom. The van der Waals surface area contributed by atoms with Gasteiger partial charge in [-0.25, -0.2) is 4.79 Å². The highest BCUT2D eigenvalue weighted by atomic mass is 16.5. The lowest BCUT2D eigenvalue weighted by molar-refractivity contribution is -0.255. The zero-order valence-corrected chi connectivity index (χ0v) is 15.0. The molecule has 0 saturated heterocycles. The zero-order chi connectivity index (χ0) is 19.7. The van der Waals surface area contributed by atoms with Gasteiger partial charge in [0.05, 0.1) is 5.97 Å². The van der Waals surface area contributed by atoms with Crippen molar-refractivity contribution in [3.05, 3.63) is 95.1 Å². The number of rotatable bonds is 5. The Hall–Kier alpha value is -3.44. The van der Waals surface area contributed by atoms with Crippen LogP contribution in [-0.2, 0) is 9.53 Å². The number of benzene rings is 3. The van der Waals surface area contributed by atoms with Gasteiger partial charge in [0.2, 0.25) is 0 Å². The van der Waals surface area contributed by atoms with Gasteiger partial charge in [0, 0.05) is 5.92 Å². The van der Waals surface area contributed by atoms with E-state index in [-0.39, 0.29) is 18.1 Å². The van der Waals surface area contributed by atoms with Crippen LogP contribution in [0.15, 0.2) is 72.8 Å². The van der Waals surface area contributed by atoms with Gasteiger partial charge in [-0.3, -0.25) is 0 Å². The van der Waals surface area contributed by atoms with E-state index in [0.717, 1.165) is 22.3 Å². The lowest BCUT2D eigenvalue weighted by atomic mass is 9.98. The largest absolute Gasteiger partial charge is 0.545 e. The second-order valence-corrected chi connectivity index (χ2v) is 6.74. The minimum absolute atomic E-state index is 0.0310. The smallest absolute Gasteiger partial charge is 0.327 e. The predicted molar refractivity (Wildman–Crippen MR) is 102 cm³/mol. The number of carboxylic acids is 1. The minimum Gasteiger partial charge on any atom is -0.545 e. The van der Waals surface area contributed by atoms with E-state index in [9.17, 15) is 14.7 Å². The molecule has 140 valence electrons. The van der Waals surface area contributed by atoms with Gasteiger partial charge in [0.15, 0.2) is 0 Å². The summed E-state index contributed by atoms with van der Waals surface area (Å²) in [5, 5.41) is 10.8. The van der Waals surface area contributed by atoms with E-state index < -0.39 is 18.0 Å². The molecule has 28 heavy (non-hydrogen) atoms.